The number of hydrogen-bond acceptors (Lipinski definition) is 3. The van der Waals surface area contributed by atoms with E-state index in [-0.39, 0.29) is 11.2 Å². The molecule has 1 N–H and O–H groups in total. The maximum atomic E-state index is 14.8. The highest BCUT2D eigenvalue weighted by atomic mass is 19.1. The number of aryl methyl sites for hydroxylation is 1. The Morgan fingerprint density at radius 2 is 2.00 bits per heavy atom. The van der Waals surface area contributed by atoms with Crippen LogP contribution >= 0.6 is 0 Å². The third-order valence-electron chi connectivity index (χ3n) is 4.85. The van der Waals surface area contributed by atoms with Crippen molar-refractivity contribution < 1.29 is 9.13 Å². The molecule has 0 spiro atoms. The van der Waals surface area contributed by atoms with Crippen molar-refractivity contribution in [1.82, 2.24) is 10.2 Å². The fraction of sp³-hybridized carbons (Fsp3) is 0.667. The number of nitrogens with one attached hydrogen (secondary N) is 1. The van der Waals surface area contributed by atoms with Crippen LogP contribution in [0.1, 0.15) is 44.2 Å². The molecule has 1 aromatic rings. The van der Waals surface area contributed by atoms with Crippen LogP contribution in [0.3, 0.4) is 0 Å². The monoisotopic (exact) mass is 308 g/mol. The second kappa shape index (κ2) is 7.42. The largest absolute Gasteiger partial charge is 0.497 e. The zero-order chi connectivity index (χ0) is 16.2. The molecule has 0 saturated carbocycles. The second-order valence-electron chi connectivity index (χ2n) is 6.58. The minimum Gasteiger partial charge on any atom is -0.497 e. The van der Waals surface area contributed by atoms with Gasteiger partial charge in [-0.1, -0.05) is 20.3 Å². The SMILES string of the molecule is CCCc1cc(OC)cc(F)c1C1(C)CCN(CNC)CC1. The summed E-state index contributed by atoms with van der Waals surface area (Å²) in [7, 11) is 3.57. The van der Waals surface area contributed by atoms with Crippen LogP contribution in [-0.4, -0.2) is 38.8 Å². The number of likely N-dealkylation sites (tertiary alicyclic amines) is 1. The van der Waals surface area contributed by atoms with Crippen LogP contribution in [0.5, 0.6) is 5.75 Å². The predicted octanol–water partition coefficient (Wildman–Crippen LogP) is 3.32. The van der Waals surface area contributed by atoms with Crippen molar-refractivity contribution in [2.45, 2.75) is 44.9 Å². The van der Waals surface area contributed by atoms with Crippen LogP contribution in [-0.2, 0) is 11.8 Å². The summed E-state index contributed by atoms with van der Waals surface area (Å²) < 4.78 is 20.0. The van der Waals surface area contributed by atoms with Crippen molar-refractivity contribution in [3.05, 3.63) is 29.1 Å². The quantitative estimate of drug-likeness (QED) is 0.872. The van der Waals surface area contributed by atoms with Gasteiger partial charge < -0.3 is 10.1 Å². The molecule has 1 fully saturated rings. The minimum atomic E-state index is -0.104. The van der Waals surface area contributed by atoms with E-state index in [0.717, 1.165) is 56.6 Å². The summed E-state index contributed by atoms with van der Waals surface area (Å²) in [4.78, 5) is 2.39. The highest BCUT2D eigenvalue weighted by molar-refractivity contribution is 5.42. The van der Waals surface area contributed by atoms with E-state index in [1.165, 1.54) is 0 Å². The summed E-state index contributed by atoms with van der Waals surface area (Å²) >= 11 is 0. The molecule has 1 aliphatic heterocycles. The van der Waals surface area contributed by atoms with Gasteiger partial charge in [-0.3, -0.25) is 4.90 Å². The Balaban J connectivity index is 2.30. The molecule has 0 aromatic heterocycles. The molecule has 1 aliphatic rings. The van der Waals surface area contributed by atoms with Crippen molar-refractivity contribution in [2.24, 2.45) is 0 Å². The summed E-state index contributed by atoms with van der Waals surface area (Å²) in [5.74, 6) is 0.522. The van der Waals surface area contributed by atoms with Gasteiger partial charge in [0.1, 0.15) is 11.6 Å². The number of hydrogen-bond donors (Lipinski definition) is 1. The number of piperidine rings is 1. The van der Waals surface area contributed by atoms with Crippen molar-refractivity contribution in [1.29, 1.82) is 0 Å². The smallest absolute Gasteiger partial charge is 0.130 e. The lowest BCUT2D eigenvalue weighted by atomic mass is 9.72. The van der Waals surface area contributed by atoms with Crippen LogP contribution in [0.25, 0.3) is 0 Å². The first-order valence-electron chi connectivity index (χ1n) is 8.28. The standard InChI is InChI=1S/C18H29FN2O/c1-5-6-14-11-15(22-4)12-16(19)17(14)18(2)7-9-21(10-8-18)13-20-3/h11-12,20H,5-10,13H2,1-4H3. The van der Waals surface area contributed by atoms with E-state index in [1.807, 2.05) is 13.1 Å². The molecule has 1 saturated heterocycles. The fourth-order valence-electron chi connectivity index (χ4n) is 3.57. The molecule has 0 atom stereocenters. The van der Waals surface area contributed by atoms with Crippen LogP contribution in [0.4, 0.5) is 4.39 Å². The Morgan fingerprint density at radius 1 is 1.32 bits per heavy atom. The Kier molecular flexibility index (Phi) is 5.81. The third-order valence-corrected chi connectivity index (χ3v) is 4.85. The second-order valence-corrected chi connectivity index (χ2v) is 6.58. The topological polar surface area (TPSA) is 24.5 Å². The van der Waals surface area contributed by atoms with Gasteiger partial charge in [0.25, 0.3) is 0 Å². The zero-order valence-electron chi connectivity index (χ0n) is 14.3. The molecular formula is C18H29FN2O. The van der Waals surface area contributed by atoms with E-state index in [0.29, 0.717) is 5.75 Å². The minimum absolute atomic E-state index is 0.0783. The first-order chi connectivity index (χ1) is 10.5. The molecule has 1 heterocycles. The van der Waals surface area contributed by atoms with Crippen LogP contribution in [0.2, 0.25) is 0 Å². The maximum absolute atomic E-state index is 14.8. The molecule has 22 heavy (non-hydrogen) atoms. The normalized spacial score (nSPS) is 18.4. The first-order valence-corrected chi connectivity index (χ1v) is 8.28. The van der Waals surface area contributed by atoms with Crippen molar-refractivity contribution in [3.63, 3.8) is 0 Å². The number of benzene rings is 1. The third kappa shape index (κ3) is 3.61. The first kappa shape index (κ1) is 17.2. The Morgan fingerprint density at radius 3 is 2.55 bits per heavy atom. The maximum Gasteiger partial charge on any atom is 0.130 e. The summed E-state index contributed by atoms with van der Waals surface area (Å²) in [5, 5.41) is 3.20. The zero-order valence-corrected chi connectivity index (χ0v) is 14.3. The highest BCUT2D eigenvalue weighted by Crippen LogP contribution is 2.40. The van der Waals surface area contributed by atoms with E-state index in [9.17, 15) is 4.39 Å². The van der Waals surface area contributed by atoms with Gasteiger partial charge in [-0.25, -0.2) is 4.39 Å². The molecule has 3 nitrogen and oxygen atoms in total. The highest BCUT2D eigenvalue weighted by Gasteiger charge is 2.35. The number of ether oxygens (including phenoxy) is 1. The molecule has 0 aliphatic carbocycles. The number of methoxy groups -OCH3 is 1. The summed E-state index contributed by atoms with van der Waals surface area (Å²) in [6.45, 7) is 7.28. The average Bonchev–Trinajstić information content (AvgIpc) is 2.49. The Hall–Kier alpha value is -1.13. The molecule has 0 amide bonds. The molecule has 1 aromatic carbocycles. The van der Waals surface area contributed by atoms with Crippen LogP contribution in [0, 0.1) is 5.82 Å². The van der Waals surface area contributed by atoms with Crippen LogP contribution < -0.4 is 10.1 Å². The molecule has 0 radical (unpaired) electrons. The molecular weight excluding hydrogens is 279 g/mol. The molecule has 0 bridgehead atoms. The molecule has 124 valence electrons. The van der Waals surface area contributed by atoms with E-state index in [4.69, 9.17) is 4.74 Å². The van der Waals surface area contributed by atoms with E-state index >= 15 is 0 Å². The van der Waals surface area contributed by atoms with Gasteiger partial charge in [-0.05, 0) is 48.9 Å². The number of nitrogens with zero attached hydrogens (tertiary/aromatic N) is 1. The lowest BCUT2D eigenvalue weighted by molar-refractivity contribution is 0.158. The van der Waals surface area contributed by atoms with E-state index in [2.05, 4.69) is 24.1 Å². The summed E-state index contributed by atoms with van der Waals surface area (Å²) in [6, 6.07) is 3.56. The van der Waals surface area contributed by atoms with Crippen molar-refractivity contribution in [3.8, 4) is 5.75 Å². The lowest BCUT2D eigenvalue weighted by Gasteiger charge is -2.41. The van der Waals surface area contributed by atoms with Crippen molar-refractivity contribution in [2.75, 3.05) is 33.9 Å². The fourth-order valence-corrected chi connectivity index (χ4v) is 3.57. The van der Waals surface area contributed by atoms with Gasteiger partial charge in [0.2, 0.25) is 0 Å². The molecule has 2 rings (SSSR count). The number of halogens is 1. The Labute approximate surface area is 133 Å². The average molecular weight is 308 g/mol. The van der Waals surface area contributed by atoms with Gasteiger partial charge >= 0.3 is 0 Å². The molecule has 0 unspecified atom stereocenters. The van der Waals surface area contributed by atoms with Crippen molar-refractivity contribution >= 4 is 0 Å². The Bertz CT molecular complexity index is 496. The summed E-state index contributed by atoms with van der Waals surface area (Å²) in [5.41, 5.74) is 1.95. The van der Waals surface area contributed by atoms with Crippen LogP contribution in [0.15, 0.2) is 12.1 Å². The number of rotatable bonds is 6. The lowest BCUT2D eigenvalue weighted by Crippen LogP contribution is -2.44. The van der Waals surface area contributed by atoms with Gasteiger partial charge in [0.15, 0.2) is 0 Å². The van der Waals surface area contributed by atoms with Gasteiger partial charge in [0.05, 0.1) is 7.11 Å². The van der Waals surface area contributed by atoms with Gasteiger partial charge in [0, 0.05) is 25.8 Å². The van der Waals surface area contributed by atoms with E-state index < -0.39 is 0 Å². The van der Waals surface area contributed by atoms with Gasteiger partial charge in [-0.15, -0.1) is 0 Å². The predicted molar refractivity (Wildman–Crippen MR) is 89.0 cm³/mol. The van der Waals surface area contributed by atoms with E-state index in [1.54, 1.807) is 13.2 Å². The van der Waals surface area contributed by atoms with Gasteiger partial charge in [-0.2, -0.15) is 0 Å². The molecule has 4 heteroatoms. The summed E-state index contributed by atoms with van der Waals surface area (Å²) in [6.07, 6.45) is 3.91.